The number of hydrogen-bond acceptors (Lipinski definition) is 11. The van der Waals surface area contributed by atoms with E-state index in [1.165, 1.54) is 19.2 Å². The van der Waals surface area contributed by atoms with Crippen molar-refractivity contribution in [3.63, 3.8) is 0 Å². The first kappa shape index (κ1) is 28.7. The molecule has 12 nitrogen and oxygen atoms in total. The van der Waals surface area contributed by atoms with Crippen molar-refractivity contribution in [2.45, 2.75) is 50.8 Å². The molecule has 1 aliphatic heterocycles. The highest BCUT2D eigenvalue weighted by Crippen LogP contribution is 2.51. The monoisotopic (exact) mass is 542 g/mol. The van der Waals surface area contributed by atoms with Gasteiger partial charge in [0.1, 0.15) is 36.0 Å². The third kappa shape index (κ3) is 6.74. The molecule has 1 saturated heterocycles. The predicted octanol–water partition coefficient (Wildman–Crippen LogP) is 1.63. The van der Waals surface area contributed by atoms with Gasteiger partial charge in [-0.25, -0.2) is 13.8 Å². The van der Waals surface area contributed by atoms with Crippen LogP contribution in [0.5, 0.6) is 5.75 Å². The first-order chi connectivity index (χ1) is 17.4. The van der Waals surface area contributed by atoms with E-state index < -0.39 is 62.4 Å². The number of carbonyl (C=O) groups is 1. The minimum absolute atomic E-state index is 0.0633. The van der Waals surface area contributed by atoms with Gasteiger partial charge >= 0.3 is 19.3 Å². The summed E-state index contributed by atoms with van der Waals surface area (Å²) < 4.78 is 50.9. The second kappa shape index (κ2) is 11.7. The van der Waals surface area contributed by atoms with E-state index in [1.807, 2.05) is 0 Å². The number of ether oxygens (including phenoxy) is 2. The Balaban J connectivity index is 1.82. The van der Waals surface area contributed by atoms with Crippen molar-refractivity contribution in [2.75, 3.05) is 25.2 Å². The minimum Gasteiger partial charge on any atom is -0.463 e. The summed E-state index contributed by atoms with van der Waals surface area (Å²) in [6.45, 7) is 3.07. The Kier molecular flexibility index (Phi) is 9.09. The number of alkyl halides is 1. The molecule has 2 unspecified atom stereocenters. The molecule has 1 aromatic carbocycles. The number of aromatic nitrogens is 2. The Bertz CT molecular complexity index is 1180. The van der Waals surface area contributed by atoms with Crippen LogP contribution in [0.15, 0.2) is 47.4 Å². The second-order valence-corrected chi connectivity index (χ2v) is 11.2. The van der Waals surface area contributed by atoms with Gasteiger partial charge in [0, 0.05) is 6.20 Å². The fourth-order valence-corrected chi connectivity index (χ4v) is 5.64. The van der Waals surface area contributed by atoms with Crippen LogP contribution in [0.4, 0.5) is 10.2 Å². The highest BCUT2D eigenvalue weighted by Gasteiger charge is 2.56. The number of esters is 1. The van der Waals surface area contributed by atoms with Crippen molar-refractivity contribution < 1.29 is 37.4 Å². The lowest BCUT2D eigenvalue weighted by molar-refractivity contribution is -0.151. The highest BCUT2D eigenvalue weighted by molar-refractivity contribution is 7.54. The van der Waals surface area contributed by atoms with Crippen LogP contribution in [-0.4, -0.2) is 63.9 Å². The molecule has 0 bridgehead atoms. The number of benzene rings is 1. The summed E-state index contributed by atoms with van der Waals surface area (Å²) in [5, 5.41) is 10.8. The van der Waals surface area contributed by atoms with E-state index in [2.05, 4.69) is 4.98 Å². The van der Waals surface area contributed by atoms with E-state index in [9.17, 15) is 23.7 Å². The maximum atomic E-state index is 14.1. The van der Waals surface area contributed by atoms with Crippen LogP contribution in [0.25, 0.3) is 0 Å². The lowest BCUT2D eigenvalue weighted by atomic mass is 9.92. The molecule has 37 heavy (non-hydrogen) atoms. The van der Waals surface area contributed by atoms with Crippen molar-refractivity contribution in [1.29, 1.82) is 0 Å². The molecule has 204 valence electrons. The Labute approximate surface area is 213 Å². The standard InChI is InChI=1S/C23H32FN4O8P/c1-14(2)34-20(30)15(3)12-37(32,36-16-7-5-4-6-8-16)33-11-17-19(29)23(26,13-24)21(35-17)28-10-9-18(25)27-22(28)31/h4-10,14-15,17,19,21,29H,11-13,26H2,1-3H3,(H2,25,27,31)/t15-,17-,19+,21-,23?,37?/m1/s1. The molecule has 5 N–H and O–H groups in total. The summed E-state index contributed by atoms with van der Waals surface area (Å²) in [7, 11) is -4.06. The van der Waals surface area contributed by atoms with Crippen molar-refractivity contribution in [3.8, 4) is 5.75 Å². The number of nitrogens with zero attached hydrogens (tertiary/aromatic N) is 2. The van der Waals surface area contributed by atoms with E-state index in [0.717, 1.165) is 4.57 Å². The Morgan fingerprint density at radius 3 is 2.57 bits per heavy atom. The molecular weight excluding hydrogens is 510 g/mol. The van der Waals surface area contributed by atoms with Gasteiger partial charge in [0.2, 0.25) is 0 Å². The Morgan fingerprint density at radius 1 is 1.30 bits per heavy atom. The number of para-hydroxylation sites is 1. The van der Waals surface area contributed by atoms with Crippen LogP contribution in [-0.2, 0) is 23.4 Å². The van der Waals surface area contributed by atoms with E-state index in [-0.39, 0.29) is 23.8 Å². The number of anilines is 1. The van der Waals surface area contributed by atoms with Crippen LogP contribution >= 0.6 is 7.60 Å². The van der Waals surface area contributed by atoms with Crippen molar-refractivity contribution in [3.05, 3.63) is 53.1 Å². The highest BCUT2D eigenvalue weighted by atomic mass is 31.2. The van der Waals surface area contributed by atoms with Gasteiger partial charge < -0.3 is 30.6 Å². The van der Waals surface area contributed by atoms with Crippen molar-refractivity contribution in [2.24, 2.45) is 11.7 Å². The number of aliphatic hydroxyl groups excluding tert-OH is 1. The van der Waals surface area contributed by atoms with Gasteiger partial charge in [-0.15, -0.1) is 0 Å². The first-order valence-electron chi connectivity index (χ1n) is 11.6. The molecule has 2 aromatic rings. The van der Waals surface area contributed by atoms with E-state index in [0.29, 0.717) is 0 Å². The van der Waals surface area contributed by atoms with Gasteiger partial charge in [0.25, 0.3) is 0 Å². The lowest BCUT2D eigenvalue weighted by Gasteiger charge is -2.30. The summed E-state index contributed by atoms with van der Waals surface area (Å²) in [4.78, 5) is 28.2. The topological polar surface area (TPSA) is 178 Å². The zero-order valence-electron chi connectivity index (χ0n) is 20.7. The van der Waals surface area contributed by atoms with Crippen LogP contribution in [0.3, 0.4) is 0 Å². The maximum Gasteiger partial charge on any atom is 0.380 e. The largest absolute Gasteiger partial charge is 0.463 e. The lowest BCUT2D eigenvalue weighted by Crippen LogP contribution is -2.57. The molecule has 0 radical (unpaired) electrons. The number of nitrogen functional groups attached to an aromatic ring is 1. The van der Waals surface area contributed by atoms with Crippen LogP contribution in [0.1, 0.15) is 27.0 Å². The fraction of sp³-hybridized carbons (Fsp3) is 0.522. The number of hydrogen-bond donors (Lipinski definition) is 3. The van der Waals surface area contributed by atoms with E-state index >= 15 is 0 Å². The molecule has 1 aromatic heterocycles. The fourth-order valence-electron chi connectivity index (χ4n) is 3.77. The molecule has 0 amide bonds. The van der Waals surface area contributed by atoms with Gasteiger partial charge in [-0.2, -0.15) is 4.98 Å². The number of nitrogens with two attached hydrogens (primary N) is 2. The van der Waals surface area contributed by atoms with Gasteiger partial charge in [0.15, 0.2) is 6.23 Å². The maximum absolute atomic E-state index is 14.1. The van der Waals surface area contributed by atoms with Crippen LogP contribution < -0.4 is 21.7 Å². The zero-order chi connectivity index (χ0) is 27.4. The molecule has 0 aliphatic carbocycles. The third-order valence-corrected chi connectivity index (χ3v) is 7.70. The molecule has 1 fully saturated rings. The molecule has 2 heterocycles. The molecule has 6 atom stereocenters. The van der Waals surface area contributed by atoms with Gasteiger partial charge in [0.05, 0.1) is 24.8 Å². The van der Waals surface area contributed by atoms with E-state index in [1.54, 1.807) is 44.2 Å². The molecule has 3 rings (SSSR count). The SMILES string of the molecule is CC(C)OC(=O)[C@H](C)CP(=O)(OC[C@H]1O[C@@H](n2ccc(N)nc2=O)C(N)(CF)[C@H]1O)Oc1ccccc1. The number of aliphatic hydroxyl groups is 1. The van der Waals surface area contributed by atoms with Gasteiger partial charge in [-0.1, -0.05) is 25.1 Å². The number of halogens is 1. The zero-order valence-corrected chi connectivity index (χ0v) is 21.6. The van der Waals surface area contributed by atoms with E-state index in [4.69, 9.17) is 30.0 Å². The minimum atomic E-state index is -4.06. The summed E-state index contributed by atoms with van der Waals surface area (Å²) in [6.07, 6.45) is -3.95. The Hall–Kier alpha value is -2.83. The molecule has 0 saturated carbocycles. The number of carbonyl (C=O) groups excluding carboxylic acids is 1. The van der Waals surface area contributed by atoms with Crippen molar-refractivity contribution in [1.82, 2.24) is 9.55 Å². The molecule has 14 heteroatoms. The van der Waals surface area contributed by atoms with Gasteiger partial charge in [-0.05, 0) is 32.0 Å². The molecular formula is C23H32FN4O8P. The summed E-state index contributed by atoms with van der Waals surface area (Å²) >= 11 is 0. The third-order valence-electron chi connectivity index (χ3n) is 5.68. The number of rotatable bonds is 11. The average molecular weight is 543 g/mol. The average Bonchev–Trinajstić information content (AvgIpc) is 3.08. The quantitative estimate of drug-likeness (QED) is 0.278. The summed E-state index contributed by atoms with van der Waals surface area (Å²) in [6, 6.07) is 9.45. The Morgan fingerprint density at radius 2 is 1.97 bits per heavy atom. The van der Waals surface area contributed by atoms with Crippen molar-refractivity contribution >= 4 is 19.4 Å². The molecule has 0 spiro atoms. The smallest absolute Gasteiger partial charge is 0.380 e. The van der Waals surface area contributed by atoms with Gasteiger partial charge in [-0.3, -0.25) is 13.9 Å². The summed E-state index contributed by atoms with van der Waals surface area (Å²) in [5.74, 6) is -1.30. The summed E-state index contributed by atoms with van der Waals surface area (Å²) in [5.41, 5.74) is 8.72. The van der Waals surface area contributed by atoms with Crippen LogP contribution in [0.2, 0.25) is 0 Å². The molecule has 1 aliphatic rings. The normalized spacial score (nSPS) is 26.0. The second-order valence-electron chi connectivity index (χ2n) is 9.14. The first-order valence-corrected chi connectivity index (χ1v) is 13.3. The predicted molar refractivity (Wildman–Crippen MR) is 132 cm³/mol. The van der Waals surface area contributed by atoms with Crippen LogP contribution in [0, 0.1) is 5.92 Å².